The molecule has 1 atom stereocenters. The topological polar surface area (TPSA) is 37.8 Å². The van der Waals surface area contributed by atoms with Crippen LogP contribution < -0.4 is 5.32 Å². The van der Waals surface area contributed by atoms with Crippen LogP contribution in [0.2, 0.25) is 5.28 Å². The summed E-state index contributed by atoms with van der Waals surface area (Å²) < 4.78 is 0. The molecule has 0 aliphatic carbocycles. The van der Waals surface area contributed by atoms with E-state index >= 15 is 0 Å². The maximum atomic E-state index is 5.71. The fourth-order valence-corrected chi connectivity index (χ4v) is 2.78. The molecule has 1 N–H and O–H groups in total. The molecule has 0 radical (unpaired) electrons. The number of hydrogen-bond acceptors (Lipinski definition) is 4. The molecule has 0 aromatic carbocycles. The van der Waals surface area contributed by atoms with Gasteiger partial charge in [-0.25, -0.2) is 9.97 Å². The molecule has 2 heterocycles. The van der Waals surface area contributed by atoms with E-state index in [1.807, 2.05) is 6.07 Å². The van der Waals surface area contributed by atoms with Crippen LogP contribution in [0.25, 0.3) is 0 Å². The maximum Gasteiger partial charge on any atom is 0.223 e. The Balaban J connectivity index is 1.95. The molecule has 14 heavy (non-hydrogen) atoms. The zero-order chi connectivity index (χ0) is 9.80. The highest BCUT2D eigenvalue weighted by Crippen LogP contribution is 2.25. The molecule has 76 valence electrons. The number of rotatable bonds is 2. The third kappa shape index (κ3) is 2.83. The fourth-order valence-electron chi connectivity index (χ4n) is 1.48. The molecule has 1 saturated heterocycles. The summed E-state index contributed by atoms with van der Waals surface area (Å²) in [6.45, 7) is 2.20. The van der Waals surface area contributed by atoms with E-state index < -0.39 is 0 Å². The first-order chi connectivity index (χ1) is 6.84. The summed E-state index contributed by atoms with van der Waals surface area (Å²) in [7, 11) is 0. The van der Waals surface area contributed by atoms with Gasteiger partial charge in [-0.1, -0.05) is 0 Å². The number of aromatic nitrogens is 2. The number of nitrogens with one attached hydrogen (secondary N) is 1. The fraction of sp³-hybridized carbons (Fsp3) is 0.556. The molecule has 1 fully saturated rings. The number of halogens is 1. The first kappa shape index (κ1) is 10.2. The van der Waals surface area contributed by atoms with Crippen LogP contribution in [0.5, 0.6) is 0 Å². The Kier molecular flexibility index (Phi) is 3.61. The molecule has 3 nitrogen and oxygen atoms in total. The van der Waals surface area contributed by atoms with Gasteiger partial charge in [0.2, 0.25) is 5.28 Å². The van der Waals surface area contributed by atoms with Gasteiger partial charge in [0.15, 0.2) is 0 Å². The Hall–Kier alpha value is -0.320. The van der Waals surface area contributed by atoms with Crippen molar-refractivity contribution in [2.24, 2.45) is 0 Å². The minimum Gasteiger partial charge on any atom is -0.316 e. The lowest BCUT2D eigenvalue weighted by molar-refractivity contribution is 0.531. The molecular weight excluding hydrogens is 218 g/mol. The second-order valence-corrected chi connectivity index (χ2v) is 4.91. The zero-order valence-electron chi connectivity index (χ0n) is 7.74. The van der Waals surface area contributed by atoms with Crippen LogP contribution in [0.15, 0.2) is 17.3 Å². The van der Waals surface area contributed by atoms with Crippen molar-refractivity contribution in [3.8, 4) is 0 Å². The van der Waals surface area contributed by atoms with E-state index in [0.717, 1.165) is 18.1 Å². The summed E-state index contributed by atoms with van der Waals surface area (Å²) in [4.78, 5) is 8.02. The second kappa shape index (κ2) is 4.96. The van der Waals surface area contributed by atoms with E-state index in [2.05, 4.69) is 15.3 Å². The van der Waals surface area contributed by atoms with Crippen molar-refractivity contribution < 1.29 is 0 Å². The van der Waals surface area contributed by atoms with Crippen LogP contribution in [0.4, 0.5) is 0 Å². The number of hydrogen-bond donors (Lipinski definition) is 1. The van der Waals surface area contributed by atoms with Crippen molar-refractivity contribution in [1.82, 2.24) is 15.3 Å². The van der Waals surface area contributed by atoms with E-state index in [9.17, 15) is 0 Å². The van der Waals surface area contributed by atoms with Crippen LogP contribution in [0.1, 0.15) is 12.8 Å². The average molecular weight is 230 g/mol. The highest BCUT2D eigenvalue weighted by molar-refractivity contribution is 7.99. The molecule has 5 heteroatoms. The van der Waals surface area contributed by atoms with Gasteiger partial charge in [0.1, 0.15) is 5.03 Å². The Morgan fingerprint density at radius 2 is 2.50 bits per heavy atom. The molecule has 1 unspecified atom stereocenters. The van der Waals surface area contributed by atoms with Gasteiger partial charge in [-0.05, 0) is 37.1 Å². The lowest BCUT2D eigenvalue weighted by Gasteiger charge is -2.21. The van der Waals surface area contributed by atoms with Gasteiger partial charge in [-0.3, -0.25) is 0 Å². The van der Waals surface area contributed by atoms with Gasteiger partial charge >= 0.3 is 0 Å². The van der Waals surface area contributed by atoms with Gasteiger partial charge in [-0.2, -0.15) is 0 Å². The first-order valence-corrected chi connectivity index (χ1v) is 5.96. The molecule has 2 rings (SSSR count). The van der Waals surface area contributed by atoms with E-state index in [0.29, 0.717) is 10.5 Å². The summed E-state index contributed by atoms with van der Waals surface area (Å²) in [6, 6.07) is 1.91. The van der Waals surface area contributed by atoms with Gasteiger partial charge in [0.05, 0.1) is 0 Å². The SMILES string of the molecule is Clc1nccc(SC2CCCNC2)n1. The largest absolute Gasteiger partial charge is 0.316 e. The van der Waals surface area contributed by atoms with Crippen molar-refractivity contribution in [2.45, 2.75) is 23.1 Å². The number of nitrogens with zero attached hydrogens (tertiary/aromatic N) is 2. The van der Waals surface area contributed by atoms with E-state index in [1.54, 1.807) is 18.0 Å². The normalized spacial score (nSPS) is 22.2. The van der Waals surface area contributed by atoms with E-state index in [-0.39, 0.29) is 0 Å². The third-order valence-electron chi connectivity index (χ3n) is 2.14. The molecule has 0 spiro atoms. The minimum absolute atomic E-state index is 0.332. The van der Waals surface area contributed by atoms with E-state index in [1.165, 1.54) is 12.8 Å². The minimum atomic E-state index is 0.332. The van der Waals surface area contributed by atoms with Crippen molar-refractivity contribution >= 4 is 23.4 Å². The third-order valence-corrected chi connectivity index (χ3v) is 3.53. The molecule has 0 amide bonds. The second-order valence-electron chi connectivity index (χ2n) is 3.25. The smallest absolute Gasteiger partial charge is 0.223 e. The van der Waals surface area contributed by atoms with Crippen LogP contribution in [0.3, 0.4) is 0 Å². The monoisotopic (exact) mass is 229 g/mol. The molecular formula is C9H12ClN3S. The lowest BCUT2D eigenvalue weighted by Crippen LogP contribution is -2.31. The van der Waals surface area contributed by atoms with Crippen molar-refractivity contribution in [3.05, 3.63) is 17.5 Å². The summed E-state index contributed by atoms with van der Waals surface area (Å²) in [5.74, 6) is 0. The standard InChI is InChI=1S/C9H12ClN3S/c10-9-12-5-3-8(13-9)14-7-2-1-4-11-6-7/h3,5,7,11H,1-2,4,6H2. The number of thioether (sulfide) groups is 1. The summed E-state index contributed by atoms with van der Waals surface area (Å²) >= 11 is 7.49. The van der Waals surface area contributed by atoms with Gasteiger partial charge in [0, 0.05) is 18.0 Å². The predicted octanol–water partition coefficient (Wildman–Crippen LogP) is 1.97. The molecule has 0 saturated carbocycles. The Morgan fingerprint density at radius 3 is 3.21 bits per heavy atom. The molecule has 1 aliphatic heterocycles. The van der Waals surface area contributed by atoms with Gasteiger partial charge in [0.25, 0.3) is 0 Å². The molecule has 1 aromatic heterocycles. The van der Waals surface area contributed by atoms with Gasteiger partial charge < -0.3 is 5.32 Å². The average Bonchev–Trinajstić information content (AvgIpc) is 2.19. The Bertz CT molecular complexity index is 302. The lowest BCUT2D eigenvalue weighted by atomic mass is 10.2. The molecule has 0 bridgehead atoms. The van der Waals surface area contributed by atoms with Crippen molar-refractivity contribution in [1.29, 1.82) is 0 Å². The first-order valence-electron chi connectivity index (χ1n) is 4.70. The maximum absolute atomic E-state index is 5.71. The molecule has 1 aromatic rings. The van der Waals surface area contributed by atoms with E-state index in [4.69, 9.17) is 11.6 Å². The highest BCUT2D eigenvalue weighted by Gasteiger charge is 2.14. The Morgan fingerprint density at radius 1 is 1.57 bits per heavy atom. The zero-order valence-corrected chi connectivity index (χ0v) is 9.31. The summed E-state index contributed by atoms with van der Waals surface area (Å²) in [6.07, 6.45) is 4.20. The van der Waals surface area contributed by atoms with Gasteiger partial charge in [-0.15, -0.1) is 11.8 Å². The number of piperidine rings is 1. The van der Waals surface area contributed by atoms with Crippen molar-refractivity contribution in [3.63, 3.8) is 0 Å². The summed E-state index contributed by atoms with van der Waals surface area (Å²) in [5.41, 5.74) is 0. The quantitative estimate of drug-likeness (QED) is 0.622. The molecule has 1 aliphatic rings. The van der Waals surface area contributed by atoms with Crippen LogP contribution in [-0.2, 0) is 0 Å². The van der Waals surface area contributed by atoms with Crippen molar-refractivity contribution in [2.75, 3.05) is 13.1 Å². The Labute approximate surface area is 92.7 Å². The summed E-state index contributed by atoms with van der Waals surface area (Å²) in [5, 5.41) is 5.30. The highest BCUT2D eigenvalue weighted by atomic mass is 35.5. The predicted molar refractivity (Wildman–Crippen MR) is 58.8 cm³/mol. The van der Waals surface area contributed by atoms with Crippen LogP contribution >= 0.6 is 23.4 Å². The van der Waals surface area contributed by atoms with Crippen LogP contribution in [-0.4, -0.2) is 28.3 Å². The van der Waals surface area contributed by atoms with Crippen LogP contribution in [0, 0.1) is 0 Å².